The molecule has 1 unspecified atom stereocenters. The zero-order valence-electron chi connectivity index (χ0n) is 12.5. The molecule has 0 aromatic heterocycles. The largest absolute Gasteiger partial charge is 0.350 e. The number of aryl methyl sites for hydroxylation is 2. The molecular formula is C18H21ClN2O. The van der Waals surface area contributed by atoms with Gasteiger partial charge in [0.05, 0.1) is 0 Å². The summed E-state index contributed by atoms with van der Waals surface area (Å²) in [7, 11) is 0. The Kier molecular flexibility index (Phi) is 4.11. The van der Waals surface area contributed by atoms with Gasteiger partial charge in [0.1, 0.15) is 0 Å². The molecule has 2 aliphatic rings. The van der Waals surface area contributed by atoms with Crippen LogP contribution in [0.15, 0.2) is 30.3 Å². The Hall–Kier alpha value is -1.58. The molecule has 22 heavy (non-hydrogen) atoms. The van der Waals surface area contributed by atoms with Crippen molar-refractivity contribution in [1.82, 2.24) is 5.32 Å². The zero-order chi connectivity index (χ0) is 14.4. The van der Waals surface area contributed by atoms with Gasteiger partial charge in [-0.25, -0.2) is 0 Å². The summed E-state index contributed by atoms with van der Waals surface area (Å²) in [4.78, 5) is 12.5. The van der Waals surface area contributed by atoms with Gasteiger partial charge in [-0.1, -0.05) is 24.3 Å². The Morgan fingerprint density at radius 3 is 2.64 bits per heavy atom. The van der Waals surface area contributed by atoms with E-state index in [4.69, 9.17) is 5.73 Å². The van der Waals surface area contributed by atoms with Crippen LogP contribution in [-0.4, -0.2) is 18.5 Å². The molecule has 1 amide bonds. The fraction of sp³-hybridized carbons (Fsp3) is 0.389. The van der Waals surface area contributed by atoms with Crippen LogP contribution in [0.3, 0.4) is 0 Å². The van der Waals surface area contributed by atoms with Gasteiger partial charge in [0.2, 0.25) is 0 Å². The van der Waals surface area contributed by atoms with E-state index in [1.165, 1.54) is 29.4 Å². The average Bonchev–Trinajstić information content (AvgIpc) is 3.28. The summed E-state index contributed by atoms with van der Waals surface area (Å²) in [5.41, 5.74) is 9.57. The maximum Gasteiger partial charge on any atom is 0.251 e. The minimum absolute atomic E-state index is 0. The third kappa shape index (κ3) is 2.59. The number of rotatable bonds is 4. The molecule has 1 fully saturated rings. The molecule has 1 atom stereocenters. The molecule has 1 saturated carbocycles. The maximum atomic E-state index is 12.5. The van der Waals surface area contributed by atoms with E-state index in [0.29, 0.717) is 12.5 Å². The number of carbonyl (C=O) groups excluding carboxylic acids is 1. The van der Waals surface area contributed by atoms with Crippen LogP contribution in [0, 0.1) is 5.92 Å². The van der Waals surface area contributed by atoms with E-state index in [-0.39, 0.29) is 24.4 Å². The van der Waals surface area contributed by atoms with Gasteiger partial charge in [0.25, 0.3) is 5.91 Å². The second kappa shape index (κ2) is 5.90. The Morgan fingerprint density at radius 1 is 1.18 bits per heavy atom. The number of amides is 1. The number of hydrogen-bond donors (Lipinski definition) is 2. The second-order valence-corrected chi connectivity index (χ2v) is 6.32. The first-order chi connectivity index (χ1) is 10.2. The standard InChI is InChI=1S/C18H20N2O.ClH/c19-16(11-4-5-11)10-20-18(21)15-9-8-13-7-6-12-2-1-3-14(15)17(12)13;/h1-3,8-9,11,16H,4-7,10,19H2,(H,20,21);1H. The van der Waals surface area contributed by atoms with E-state index < -0.39 is 0 Å². The molecule has 0 aliphatic heterocycles. The van der Waals surface area contributed by atoms with Crippen molar-refractivity contribution < 1.29 is 4.79 Å². The van der Waals surface area contributed by atoms with E-state index in [1.807, 2.05) is 6.07 Å². The lowest BCUT2D eigenvalue weighted by molar-refractivity contribution is 0.0952. The summed E-state index contributed by atoms with van der Waals surface area (Å²) in [6, 6.07) is 10.5. The summed E-state index contributed by atoms with van der Waals surface area (Å²) in [5.74, 6) is 0.611. The highest BCUT2D eigenvalue weighted by Gasteiger charge is 2.28. The monoisotopic (exact) mass is 316 g/mol. The van der Waals surface area contributed by atoms with Crippen molar-refractivity contribution in [2.45, 2.75) is 31.7 Å². The Morgan fingerprint density at radius 2 is 1.91 bits per heavy atom. The van der Waals surface area contributed by atoms with Gasteiger partial charge >= 0.3 is 0 Å². The lowest BCUT2D eigenvalue weighted by Gasteiger charge is -2.13. The number of carbonyl (C=O) groups is 1. The van der Waals surface area contributed by atoms with Crippen LogP contribution in [0.2, 0.25) is 0 Å². The van der Waals surface area contributed by atoms with Gasteiger partial charge in [0, 0.05) is 18.2 Å². The first-order valence-corrected chi connectivity index (χ1v) is 7.81. The molecule has 3 N–H and O–H groups in total. The highest BCUT2D eigenvalue weighted by molar-refractivity contribution is 6.09. The van der Waals surface area contributed by atoms with Gasteiger partial charge < -0.3 is 11.1 Å². The van der Waals surface area contributed by atoms with Crippen LogP contribution >= 0.6 is 12.4 Å². The Labute approximate surface area is 136 Å². The first-order valence-electron chi connectivity index (χ1n) is 7.81. The van der Waals surface area contributed by atoms with Crippen molar-refractivity contribution in [3.63, 3.8) is 0 Å². The Bertz CT molecular complexity index is 714. The normalized spacial score (nSPS) is 17.1. The average molecular weight is 317 g/mol. The summed E-state index contributed by atoms with van der Waals surface area (Å²) in [6.45, 7) is 0.576. The minimum Gasteiger partial charge on any atom is -0.350 e. The van der Waals surface area contributed by atoms with Crippen molar-refractivity contribution >= 4 is 29.1 Å². The van der Waals surface area contributed by atoms with E-state index in [1.54, 1.807) is 0 Å². The van der Waals surface area contributed by atoms with E-state index in [9.17, 15) is 4.79 Å². The van der Waals surface area contributed by atoms with Crippen LogP contribution < -0.4 is 11.1 Å². The fourth-order valence-corrected chi connectivity index (χ4v) is 3.44. The SMILES string of the molecule is Cl.NC(CNC(=O)c1ccc2c3c(cccc13)CC2)C1CC1. The van der Waals surface area contributed by atoms with Crippen LogP contribution in [-0.2, 0) is 12.8 Å². The van der Waals surface area contributed by atoms with E-state index in [2.05, 4.69) is 29.6 Å². The number of nitrogens with two attached hydrogens (primary N) is 1. The fourth-order valence-electron chi connectivity index (χ4n) is 3.44. The minimum atomic E-state index is 0. The third-order valence-corrected chi connectivity index (χ3v) is 4.85. The molecular weight excluding hydrogens is 296 g/mol. The molecule has 0 bridgehead atoms. The molecule has 2 aromatic carbocycles. The van der Waals surface area contributed by atoms with E-state index >= 15 is 0 Å². The van der Waals surface area contributed by atoms with Crippen LogP contribution in [0.4, 0.5) is 0 Å². The summed E-state index contributed by atoms with van der Waals surface area (Å²) >= 11 is 0. The molecule has 4 heteroatoms. The molecule has 0 saturated heterocycles. The third-order valence-electron chi connectivity index (χ3n) is 4.85. The zero-order valence-corrected chi connectivity index (χ0v) is 13.3. The molecule has 2 aromatic rings. The number of nitrogens with one attached hydrogen (secondary N) is 1. The highest BCUT2D eigenvalue weighted by atomic mass is 35.5. The van der Waals surface area contributed by atoms with Crippen molar-refractivity contribution in [2.24, 2.45) is 11.7 Å². The van der Waals surface area contributed by atoms with Crippen molar-refractivity contribution in [3.8, 4) is 0 Å². The van der Waals surface area contributed by atoms with Crippen molar-refractivity contribution in [1.29, 1.82) is 0 Å². The van der Waals surface area contributed by atoms with Gasteiger partial charge in [-0.15, -0.1) is 12.4 Å². The molecule has 0 spiro atoms. The molecule has 0 heterocycles. The lowest BCUT2D eigenvalue weighted by Crippen LogP contribution is -2.38. The lowest BCUT2D eigenvalue weighted by atomic mass is 9.99. The predicted molar refractivity (Wildman–Crippen MR) is 91.6 cm³/mol. The predicted octanol–water partition coefficient (Wildman–Crippen LogP) is 2.83. The van der Waals surface area contributed by atoms with Crippen LogP contribution in [0.25, 0.3) is 10.8 Å². The molecule has 4 rings (SSSR count). The van der Waals surface area contributed by atoms with Gasteiger partial charge in [-0.05, 0) is 59.6 Å². The molecule has 0 radical (unpaired) electrons. The summed E-state index contributed by atoms with van der Waals surface area (Å²) < 4.78 is 0. The van der Waals surface area contributed by atoms with Crippen molar-refractivity contribution in [3.05, 3.63) is 47.0 Å². The quantitative estimate of drug-likeness (QED) is 0.911. The van der Waals surface area contributed by atoms with Crippen LogP contribution in [0.5, 0.6) is 0 Å². The maximum absolute atomic E-state index is 12.5. The molecule has 2 aliphatic carbocycles. The molecule has 3 nitrogen and oxygen atoms in total. The smallest absolute Gasteiger partial charge is 0.251 e. The number of halogens is 1. The van der Waals surface area contributed by atoms with Gasteiger partial charge in [-0.2, -0.15) is 0 Å². The van der Waals surface area contributed by atoms with Crippen LogP contribution in [0.1, 0.15) is 34.3 Å². The number of hydrogen-bond acceptors (Lipinski definition) is 2. The topological polar surface area (TPSA) is 55.1 Å². The first kappa shape index (κ1) is 15.3. The summed E-state index contributed by atoms with van der Waals surface area (Å²) in [5, 5.41) is 5.38. The summed E-state index contributed by atoms with van der Waals surface area (Å²) in [6.07, 6.45) is 4.59. The molecule has 116 valence electrons. The number of benzene rings is 2. The van der Waals surface area contributed by atoms with Crippen molar-refractivity contribution in [2.75, 3.05) is 6.54 Å². The van der Waals surface area contributed by atoms with Gasteiger partial charge in [-0.3, -0.25) is 4.79 Å². The second-order valence-electron chi connectivity index (χ2n) is 6.32. The van der Waals surface area contributed by atoms with E-state index in [0.717, 1.165) is 23.8 Å². The van der Waals surface area contributed by atoms with Gasteiger partial charge in [0.15, 0.2) is 0 Å². The Balaban J connectivity index is 0.00000144. The highest BCUT2D eigenvalue weighted by Crippen LogP contribution is 2.33.